The molecule has 0 aromatic heterocycles. The van der Waals surface area contributed by atoms with Crippen molar-refractivity contribution in [2.24, 2.45) is 0 Å². The Morgan fingerprint density at radius 1 is 1.70 bits per heavy atom. The fourth-order valence-corrected chi connectivity index (χ4v) is 1.25. The molecule has 0 saturated heterocycles. The van der Waals surface area contributed by atoms with Crippen LogP contribution in [0.1, 0.15) is 19.8 Å². The zero-order chi connectivity index (χ0) is 7.56. The van der Waals surface area contributed by atoms with Crippen LogP contribution < -0.4 is 0 Å². The van der Waals surface area contributed by atoms with Crippen molar-refractivity contribution in [1.29, 1.82) is 0 Å². The van der Waals surface area contributed by atoms with Crippen LogP contribution in [0.2, 0.25) is 0 Å². The van der Waals surface area contributed by atoms with E-state index in [0.717, 1.165) is 19.4 Å². The minimum Gasteiger partial charge on any atom is -0.339 e. The maximum atomic E-state index is 11.0. The summed E-state index contributed by atoms with van der Waals surface area (Å²) < 4.78 is 0. The smallest absolute Gasteiger partial charge is 0.237 e. The van der Waals surface area contributed by atoms with Crippen molar-refractivity contribution >= 4 is 17.5 Å². The number of nitrogens with zero attached hydrogens (tertiary/aromatic N) is 1. The summed E-state index contributed by atoms with van der Waals surface area (Å²) in [5, 5.41) is 0. The Balaban J connectivity index is 2.38. The van der Waals surface area contributed by atoms with Gasteiger partial charge in [-0.25, -0.2) is 0 Å². The fourth-order valence-electron chi connectivity index (χ4n) is 1.10. The summed E-state index contributed by atoms with van der Waals surface area (Å²) in [6.45, 7) is 2.79. The Hall–Kier alpha value is -0.240. The SMILES string of the molecule is CCN(C(=O)CCl)C1CC1. The van der Waals surface area contributed by atoms with Gasteiger partial charge < -0.3 is 4.90 Å². The van der Waals surface area contributed by atoms with E-state index in [1.165, 1.54) is 0 Å². The predicted molar refractivity (Wildman–Crippen MR) is 41.1 cm³/mol. The van der Waals surface area contributed by atoms with Crippen LogP contribution in [0.3, 0.4) is 0 Å². The number of carbonyl (C=O) groups is 1. The van der Waals surface area contributed by atoms with Gasteiger partial charge in [0.2, 0.25) is 5.91 Å². The zero-order valence-corrected chi connectivity index (χ0v) is 6.90. The Labute approximate surface area is 66.1 Å². The monoisotopic (exact) mass is 161 g/mol. The molecule has 0 atom stereocenters. The molecule has 0 radical (unpaired) electrons. The highest BCUT2D eigenvalue weighted by Gasteiger charge is 2.30. The molecule has 58 valence electrons. The summed E-state index contributed by atoms with van der Waals surface area (Å²) >= 11 is 5.41. The van der Waals surface area contributed by atoms with E-state index in [0.29, 0.717) is 6.04 Å². The Morgan fingerprint density at radius 2 is 2.30 bits per heavy atom. The van der Waals surface area contributed by atoms with Crippen molar-refractivity contribution in [3.05, 3.63) is 0 Å². The van der Waals surface area contributed by atoms with E-state index in [4.69, 9.17) is 11.6 Å². The molecule has 1 rings (SSSR count). The van der Waals surface area contributed by atoms with Crippen LogP contribution in [0, 0.1) is 0 Å². The van der Waals surface area contributed by atoms with E-state index in [1.807, 2.05) is 11.8 Å². The Morgan fingerprint density at radius 3 is 2.60 bits per heavy atom. The highest BCUT2D eigenvalue weighted by Crippen LogP contribution is 2.26. The normalized spacial score (nSPS) is 17.0. The lowest BCUT2D eigenvalue weighted by Crippen LogP contribution is -2.33. The number of rotatable bonds is 3. The molecular formula is C7H12ClNO. The van der Waals surface area contributed by atoms with Gasteiger partial charge in [0.05, 0.1) is 0 Å². The van der Waals surface area contributed by atoms with Gasteiger partial charge in [0.1, 0.15) is 5.88 Å². The molecule has 0 aromatic carbocycles. The molecule has 3 heteroatoms. The van der Waals surface area contributed by atoms with Crippen LogP contribution in [-0.2, 0) is 4.79 Å². The van der Waals surface area contributed by atoms with E-state index < -0.39 is 0 Å². The molecule has 1 amide bonds. The van der Waals surface area contributed by atoms with E-state index >= 15 is 0 Å². The van der Waals surface area contributed by atoms with E-state index in [-0.39, 0.29) is 11.8 Å². The standard InChI is InChI=1S/C7H12ClNO/c1-2-9(6-3-4-6)7(10)5-8/h6H,2-5H2,1H3. The highest BCUT2D eigenvalue weighted by molar-refractivity contribution is 6.27. The van der Waals surface area contributed by atoms with Crippen molar-refractivity contribution in [3.8, 4) is 0 Å². The summed E-state index contributed by atoms with van der Waals surface area (Å²) in [5.41, 5.74) is 0. The number of halogens is 1. The molecule has 2 nitrogen and oxygen atoms in total. The second-order valence-corrected chi connectivity index (χ2v) is 2.81. The van der Waals surface area contributed by atoms with E-state index in [2.05, 4.69) is 0 Å². The maximum absolute atomic E-state index is 11.0. The molecule has 1 aliphatic carbocycles. The first-order valence-corrected chi connectivity index (χ1v) is 4.18. The van der Waals surface area contributed by atoms with Gasteiger partial charge in [0.15, 0.2) is 0 Å². The summed E-state index contributed by atoms with van der Waals surface area (Å²) in [6.07, 6.45) is 2.33. The zero-order valence-electron chi connectivity index (χ0n) is 6.14. The Bertz CT molecular complexity index is 134. The molecule has 1 aliphatic rings. The summed E-state index contributed by atoms with van der Waals surface area (Å²) in [6, 6.07) is 0.510. The number of alkyl halides is 1. The van der Waals surface area contributed by atoms with Crippen molar-refractivity contribution in [3.63, 3.8) is 0 Å². The largest absolute Gasteiger partial charge is 0.339 e. The number of hydrogen-bond acceptors (Lipinski definition) is 1. The van der Waals surface area contributed by atoms with Crippen molar-refractivity contribution in [1.82, 2.24) is 4.90 Å². The van der Waals surface area contributed by atoms with Crippen molar-refractivity contribution in [2.75, 3.05) is 12.4 Å². The minimum absolute atomic E-state index is 0.0756. The van der Waals surface area contributed by atoms with E-state index in [9.17, 15) is 4.79 Å². The molecule has 0 aliphatic heterocycles. The first-order valence-electron chi connectivity index (χ1n) is 3.65. The molecule has 0 unspecified atom stereocenters. The lowest BCUT2D eigenvalue weighted by atomic mass is 10.4. The summed E-state index contributed by atoms with van der Waals surface area (Å²) in [5.74, 6) is 0.205. The lowest BCUT2D eigenvalue weighted by molar-refractivity contribution is -0.128. The average Bonchev–Trinajstić information content (AvgIpc) is 2.73. The highest BCUT2D eigenvalue weighted by atomic mass is 35.5. The topological polar surface area (TPSA) is 20.3 Å². The van der Waals surface area contributed by atoms with Gasteiger partial charge in [0.25, 0.3) is 0 Å². The van der Waals surface area contributed by atoms with Crippen LogP contribution in [0.15, 0.2) is 0 Å². The number of hydrogen-bond donors (Lipinski definition) is 0. The van der Waals surface area contributed by atoms with Gasteiger partial charge in [-0.15, -0.1) is 11.6 Å². The van der Waals surface area contributed by atoms with Crippen molar-refractivity contribution in [2.45, 2.75) is 25.8 Å². The van der Waals surface area contributed by atoms with Gasteiger partial charge >= 0.3 is 0 Å². The summed E-state index contributed by atoms with van der Waals surface area (Å²) in [7, 11) is 0. The molecule has 1 fully saturated rings. The third-order valence-electron chi connectivity index (χ3n) is 1.76. The molecule has 1 saturated carbocycles. The molecular weight excluding hydrogens is 150 g/mol. The molecule has 0 N–H and O–H groups in total. The predicted octanol–water partition coefficient (Wildman–Crippen LogP) is 1.24. The van der Waals surface area contributed by atoms with Gasteiger partial charge in [-0.1, -0.05) is 0 Å². The van der Waals surface area contributed by atoms with Crippen LogP contribution >= 0.6 is 11.6 Å². The molecule has 10 heavy (non-hydrogen) atoms. The van der Waals surface area contributed by atoms with Crippen LogP contribution in [0.5, 0.6) is 0 Å². The van der Waals surface area contributed by atoms with Gasteiger partial charge in [0, 0.05) is 12.6 Å². The first-order chi connectivity index (χ1) is 4.79. The lowest BCUT2D eigenvalue weighted by Gasteiger charge is -2.18. The first kappa shape index (κ1) is 7.86. The molecule has 0 spiro atoms. The quantitative estimate of drug-likeness (QED) is 0.571. The Kier molecular flexibility index (Phi) is 2.55. The molecule has 0 heterocycles. The minimum atomic E-state index is 0.0756. The van der Waals surface area contributed by atoms with Crippen LogP contribution in [0.25, 0.3) is 0 Å². The summed E-state index contributed by atoms with van der Waals surface area (Å²) in [4.78, 5) is 12.9. The van der Waals surface area contributed by atoms with Crippen molar-refractivity contribution < 1.29 is 4.79 Å². The number of amides is 1. The second kappa shape index (κ2) is 3.24. The number of carbonyl (C=O) groups excluding carboxylic acids is 1. The molecule has 0 bridgehead atoms. The van der Waals surface area contributed by atoms with E-state index in [1.54, 1.807) is 0 Å². The van der Waals surface area contributed by atoms with Crippen LogP contribution in [0.4, 0.5) is 0 Å². The third-order valence-corrected chi connectivity index (χ3v) is 1.99. The maximum Gasteiger partial charge on any atom is 0.237 e. The van der Waals surface area contributed by atoms with Gasteiger partial charge in [-0.3, -0.25) is 4.79 Å². The average molecular weight is 162 g/mol. The van der Waals surface area contributed by atoms with Crippen LogP contribution in [-0.4, -0.2) is 29.3 Å². The fraction of sp³-hybridized carbons (Fsp3) is 0.857. The van der Waals surface area contributed by atoms with Gasteiger partial charge in [-0.2, -0.15) is 0 Å². The second-order valence-electron chi connectivity index (χ2n) is 2.54. The van der Waals surface area contributed by atoms with Gasteiger partial charge in [-0.05, 0) is 19.8 Å². The molecule has 0 aromatic rings. The third kappa shape index (κ3) is 1.63.